The van der Waals surface area contributed by atoms with Gasteiger partial charge < -0.3 is 9.84 Å². The number of nitrogens with one attached hydrogen (secondary N) is 1. The van der Waals surface area contributed by atoms with Crippen molar-refractivity contribution >= 4 is 11.3 Å². The Bertz CT molecular complexity index is 608. The summed E-state index contributed by atoms with van der Waals surface area (Å²) in [6, 6.07) is 0.266. The van der Waals surface area contributed by atoms with Crippen LogP contribution < -0.4 is 5.32 Å². The molecule has 6 heteroatoms. The number of hydrogen-bond acceptors (Lipinski definition) is 6. The monoisotopic (exact) mass is 290 g/mol. The van der Waals surface area contributed by atoms with Crippen LogP contribution in [0.2, 0.25) is 0 Å². The van der Waals surface area contributed by atoms with E-state index < -0.39 is 0 Å². The van der Waals surface area contributed by atoms with Crippen LogP contribution in [0.15, 0.2) is 9.90 Å². The summed E-state index contributed by atoms with van der Waals surface area (Å²) in [7, 11) is 0. The first-order chi connectivity index (χ1) is 9.79. The molecule has 0 aromatic carbocycles. The fourth-order valence-corrected chi connectivity index (χ4v) is 4.31. The van der Waals surface area contributed by atoms with Gasteiger partial charge in [-0.1, -0.05) is 11.6 Å². The van der Waals surface area contributed by atoms with Gasteiger partial charge in [0.25, 0.3) is 0 Å². The molecule has 2 aromatic rings. The van der Waals surface area contributed by atoms with Crippen molar-refractivity contribution in [2.24, 2.45) is 11.8 Å². The summed E-state index contributed by atoms with van der Waals surface area (Å²) in [5.74, 6) is 3.00. The van der Waals surface area contributed by atoms with Crippen molar-refractivity contribution in [3.63, 3.8) is 0 Å². The lowest BCUT2D eigenvalue weighted by molar-refractivity contribution is 0.301. The molecule has 1 saturated heterocycles. The molecular formula is C14H18N4OS. The zero-order valence-electron chi connectivity index (χ0n) is 11.5. The van der Waals surface area contributed by atoms with Gasteiger partial charge in [-0.3, -0.25) is 0 Å². The quantitative estimate of drug-likeness (QED) is 0.941. The molecule has 1 aliphatic heterocycles. The summed E-state index contributed by atoms with van der Waals surface area (Å²) in [6.45, 7) is 3.10. The van der Waals surface area contributed by atoms with Gasteiger partial charge in [0.1, 0.15) is 5.01 Å². The Balaban J connectivity index is 1.50. The maximum atomic E-state index is 5.49. The Morgan fingerprint density at radius 1 is 1.40 bits per heavy atom. The zero-order chi connectivity index (χ0) is 13.5. The van der Waals surface area contributed by atoms with Crippen LogP contribution in [0, 0.1) is 18.8 Å². The summed E-state index contributed by atoms with van der Waals surface area (Å²) in [5, 5.41) is 10.8. The number of fused-ring (bicyclic) bond motifs is 1. The van der Waals surface area contributed by atoms with Gasteiger partial charge in [0.15, 0.2) is 5.82 Å². The summed E-state index contributed by atoms with van der Waals surface area (Å²) in [4.78, 5) is 9.03. The Morgan fingerprint density at radius 2 is 2.35 bits per heavy atom. The second kappa shape index (κ2) is 4.93. The molecule has 3 unspecified atom stereocenters. The van der Waals surface area contributed by atoms with Crippen LogP contribution in [0.4, 0.5) is 0 Å². The third kappa shape index (κ3) is 2.16. The lowest BCUT2D eigenvalue weighted by Gasteiger charge is -2.13. The number of rotatable bonds is 3. The number of hydrogen-bond donors (Lipinski definition) is 1. The molecule has 2 aliphatic rings. The van der Waals surface area contributed by atoms with E-state index in [1.54, 1.807) is 11.3 Å². The Hall–Kier alpha value is -1.27. The highest BCUT2D eigenvalue weighted by Gasteiger charge is 2.42. The van der Waals surface area contributed by atoms with E-state index in [-0.39, 0.29) is 6.04 Å². The minimum atomic E-state index is 0.266. The van der Waals surface area contributed by atoms with Crippen LogP contribution in [-0.2, 0) is 6.42 Å². The fraction of sp³-hybridized carbons (Fsp3) is 0.643. The minimum absolute atomic E-state index is 0.266. The Kier molecular flexibility index (Phi) is 3.07. The Labute approximate surface area is 121 Å². The maximum absolute atomic E-state index is 5.49. The van der Waals surface area contributed by atoms with Gasteiger partial charge in [-0.25, -0.2) is 4.98 Å². The highest BCUT2D eigenvalue weighted by Crippen LogP contribution is 2.43. The molecule has 4 rings (SSSR count). The van der Waals surface area contributed by atoms with E-state index >= 15 is 0 Å². The maximum Gasteiger partial charge on any atom is 0.244 e. The second-order valence-corrected chi connectivity index (χ2v) is 6.79. The molecule has 1 aliphatic carbocycles. The average Bonchev–Trinajstić information content (AvgIpc) is 3.14. The third-order valence-corrected chi connectivity index (χ3v) is 5.44. The highest BCUT2D eigenvalue weighted by molar-refractivity contribution is 7.09. The van der Waals surface area contributed by atoms with Gasteiger partial charge in [-0.05, 0) is 38.1 Å². The SMILES string of the molecule is Cc1csc(Cc2noc(C3NCC4CCCC43)n2)n1. The number of aryl methyl sites for hydroxylation is 1. The molecule has 3 atom stereocenters. The number of thiazole rings is 1. The molecule has 3 heterocycles. The van der Waals surface area contributed by atoms with Crippen molar-refractivity contribution in [2.45, 2.75) is 38.6 Å². The van der Waals surface area contributed by atoms with Crippen LogP contribution in [0.1, 0.15) is 47.7 Å². The minimum Gasteiger partial charge on any atom is -0.338 e. The molecule has 0 radical (unpaired) electrons. The van der Waals surface area contributed by atoms with Crippen molar-refractivity contribution in [3.8, 4) is 0 Å². The van der Waals surface area contributed by atoms with Crippen LogP contribution in [0.25, 0.3) is 0 Å². The molecule has 0 spiro atoms. The topological polar surface area (TPSA) is 63.8 Å². The molecule has 0 amide bonds. The molecule has 0 bridgehead atoms. The molecule has 106 valence electrons. The van der Waals surface area contributed by atoms with Crippen molar-refractivity contribution in [1.82, 2.24) is 20.4 Å². The van der Waals surface area contributed by atoms with E-state index in [9.17, 15) is 0 Å². The molecule has 1 saturated carbocycles. The van der Waals surface area contributed by atoms with Crippen LogP contribution in [-0.4, -0.2) is 21.7 Å². The van der Waals surface area contributed by atoms with Gasteiger partial charge >= 0.3 is 0 Å². The Morgan fingerprint density at radius 3 is 3.20 bits per heavy atom. The van der Waals surface area contributed by atoms with Crippen LogP contribution >= 0.6 is 11.3 Å². The first-order valence-corrected chi connectivity index (χ1v) is 8.14. The smallest absolute Gasteiger partial charge is 0.244 e. The van der Waals surface area contributed by atoms with Gasteiger partial charge in [-0.15, -0.1) is 11.3 Å². The third-order valence-electron chi connectivity index (χ3n) is 4.47. The predicted octanol–water partition coefficient (Wildman–Crippen LogP) is 2.49. The summed E-state index contributed by atoms with van der Waals surface area (Å²) >= 11 is 1.65. The van der Waals surface area contributed by atoms with E-state index in [4.69, 9.17) is 4.52 Å². The van der Waals surface area contributed by atoms with Gasteiger partial charge in [0.2, 0.25) is 5.89 Å². The lowest BCUT2D eigenvalue weighted by atomic mass is 9.94. The van der Waals surface area contributed by atoms with E-state index in [0.717, 1.165) is 34.9 Å². The molecule has 20 heavy (non-hydrogen) atoms. The summed E-state index contributed by atoms with van der Waals surface area (Å²) in [6.07, 6.45) is 4.63. The molecular weight excluding hydrogens is 272 g/mol. The van der Waals surface area contributed by atoms with E-state index in [0.29, 0.717) is 12.3 Å². The van der Waals surface area contributed by atoms with Crippen LogP contribution in [0.5, 0.6) is 0 Å². The van der Waals surface area contributed by atoms with E-state index in [1.165, 1.54) is 19.3 Å². The molecule has 5 nitrogen and oxygen atoms in total. The standard InChI is InChI=1S/C14H18N4OS/c1-8-7-20-12(16-8)5-11-17-14(19-18-11)13-10-4-2-3-9(10)6-15-13/h7,9-10,13,15H,2-6H2,1H3. The van der Waals surface area contributed by atoms with Gasteiger partial charge in [0.05, 0.1) is 12.5 Å². The predicted molar refractivity (Wildman–Crippen MR) is 75.5 cm³/mol. The van der Waals surface area contributed by atoms with Gasteiger partial charge in [-0.2, -0.15) is 4.98 Å². The highest BCUT2D eigenvalue weighted by atomic mass is 32.1. The van der Waals surface area contributed by atoms with Crippen molar-refractivity contribution in [1.29, 1.82) is 0 Å². The van der Waals surface area contributed by atoms with Crippen LogP contribution in [0.3, 0.4) is 0 Å². The lowest BCUT2D eigenvalue weighted by Crippen LogP contribution is -2.18. The first-order valence-electron chi connectivity index (χ1n) is 7.26. The van der Waals surface area contributed by atoms with E-state index in [1.807, 2.05) is 6.92 Å². The van der Waals surface area contributed by atoms with Crippen molar-refractivity contribution in [2.75, 3.05) is 6.54 Å². The largest absolute Gasteiger partial charge is 0.338 e. The summed E-state index contributed by atoms with van der Waals surface area (Å²) in [5.41, 5.74) is 1.06. The molecule has 2 fully saturated rings. The van der Waals surface area contributed by atoms with Crippen molar-refractivity contribution in [3.05, 3.63) is 27.8 Å². The second-order valence-electron chi connectivity index (χ2n) is 5.85. The zero-order valence-corrected chi connectivity index (χ0v) is 12.3. The normalized spacial score (nSPS) is 28.9. The molecule has 2 aromatic heterocycles. The van der Waals surface area contributed by atoms with Gasteiger partial charge in [0, 0.05) is 11.1 Å². The number of aromatic nitrogens is 3. The van der Waals surface area contributed by atoms with Crippen molar-refractivity contribution < 1.29 is 4.52 Å². The van der Waals surface area contributed by atoms with E-state index in [2.05, 4.69) is 25.8 Å². The summed E-state index contributed by atoms with van der Waals surface area (Å²) < 4.78 is 5.49. The fourth-order valence-electron chi connectivity index (χ4n) is 3.54. The number of nitrogens with zero attached hydrogens (tertiary/aromatic N) is 3. The average molecular weight is 290 g/mol. The molecule has 1 N–H and O–H groups in total. The first kappa shape index (κ1) is 12.5.